The Balaban J connectivity index is 1.81. The second-order valence-corrected chi connectivity index (χ2v) is 10.2. The van der Waals surface area contributed by atoms with Crippen LogP contribution in [0.3, 0.4) is 0 Å². The standard InChI is InChI=1S/C23H21NO2Se/c1-15-8-10-18-21(13-15)27(25)22-14-16(2)9-11-19(22)24(18)20-7-3-5-17-6-4-12-26-23(17)20/h3,5,7-11,13-14H,4,6,12H2,1-2H3. The number of para-hydroxylation sites is 1. The van der Waals surface area contributed by atoms with E-state index < -0.39 is 13.8 Å². The molecule has 0 unspecified atom stereocenters. The zero-order valence-corrected chi connectivity index (χ0v) is 17.2. The average Bonchev–Trinajstić information content (AvgIpc) is 2.69. The SMILES string of the molecule is Cc1ccc2c(c1)[Se](=O)c1cc(C)ccc1N2c1cccc2c1OCCC2. The maximum atomic E-state index is 13.4. The summed E-state index contributed by atoms with van der Waals surface area (Å²) < 4.78 is 21.5. The number of fused-ring (bicyclic) bond motifs is 3. The summed E-state index contributed by atoms with van der Waals surface area (Å²) in [5.41, 5.74) is 6.60. The van der Waals surface area contributed by atoms with Crippen molar-refractivity contribution >= 4 is 39.8 Å². The number of hydrogen-bond acceptors (Lipinski definition) is 3. The van der Waals surface area contributed by atoms with Crippen LogP contribution in [0.25, 0.3) is 0 Å². The van der Waals surface area contributed by atoms with Crippen LogP contribution in [0.5, 0.6) is 5.75 Å². The molecule has 27 heavy (non-hydrogen) atoms. The molecule has 2 aliphatic rings. The second kappa shape index (κ2) is 6.33. The molecule has 0 aliphatic carbocycles. The molecule has 0 fully saturated rings. The molecule has 0 saturated heterocycles. The molecule has 2 aliphatic heterocycles. The molecule has 0 bridgehead atoms. The average molecular weight is 422 g/mol. The van der Waals surface area contributed by atoms with Crippen molar-refractivity contribution in [3.05, 3.63) is 71.3 Å². The molecule has 0 spiro atoms. The van der Waals surface area contributed by atoms with Gasteiger partial charge in [-0.1, -0.05) is 0 Å². The van der Waals surface area contributed by atoms with E-state index in [4.69, 9.17) is 4.74 Å². The first kappa shape index (κ1) is 16.7. The first-order valence-corrected chi connectivity index (χ1v) is 11.7. The van der Waals surface area contributed by atoms with Gasteiger partial charge in [0, 0.05) is 0 Å². The molecule has 3 aromatic rings. The zero-order valence-electron chi connectivity index (χ0n) is 15.5. The first-order valence-electron chi connectivity index (χ1n) is 9.31. The summed E-state index contributed by atoms with van der Waals surface area (Å²) >= 11 is -2.31. The van der Waals surface area contributed by atoms with Crippen molar-refractivity contribution in [2.24, 2.45) is 0 Å². The van der Waals surface area contributed by atoms with Gasteiger partial charge in [-0.3, -0.25) is 0 Å². The van der Waals surface area contributed by atoms with E-state index in [9.17, 15) is 3.83 Å². The number of ether oxygens (including phenoxy) is 1. The minimum atomic E-state index is -2.31. The van der Waals surface area contributed by atoms with Gasteiger partial charge in [0.1, 0.15) is 0 Å². The maximum absolute atomic E-state index is 13.4. The summed E-state index contributed by atoms with van der Waals surface area (Å²) in [7, 11) is 0. The van der Waals surface area contributed by atoms with Gasteiger partial charge < -0.3 is 0 Å². The van der Waals surface area contributed by atoms with Gasteiger partial charge in [0.15, 0.2) is 0 Å². The molecular weight excluding hydrogens is 401 g/mol. The van der Waals surface area contributed by atoms with Gasteiger partial charge in [-0.2, -0.15) is 0 Å². The number of hydrogen-bond donors (Lipinski definition) is 0. The number of nitrogens with zero attached hydrogens (tertiary/aromatic N) is 1. The molecule has 0 amide bonds. The van der Waals surface area contributed by atoms with E-state index in [0.29, 0.717) is 0 Å². The fourth-order valence-electron chi connectivity index (χ4n) is 3.96. The molecule has 136 valence electrons. The van der Waals surface area contributed by atoms with E-state index in [-0.39, 0.29) is 0 Å². The number of anilines is 3. The van der Waals surface area contributed by atoms with Crippen LogP contribution >= 0.6 is 0 Å². The van der Waals surface area contributed by atoms with Crippen LogP contribution in [0, 0.1) is 13.8 Å². The van der Waals surface area contributed by atoms with Crippen molar-refractivity contribution in [2.75, 3.05) is 11.5 Å². The third-order valence-electron chi connectivity index (χ3n) is 5.27. The van der Waals surface area contributed by atoms with Crippen molar-refractivity contribution in [1.82, 2.24) is 0 Å². The minimum absolute atomic E-state index is 0.747. The monoisotopic (exact) mass is 423 g/mol. The quantitative estimate of drug-likeness (QED) is 0.435. The molecule has 4 heteroatoms. The summed E-state index contributed by atoms with van der Waals surface area (Å²) in [6.07, 6.45) is 2.09. The van der Waals surface area contributed by atoms with E-state index in [1.807, 2.05) is 0 Å². The van der Waals surface area contributed by atoms with E-state index in [0.717, 1.165) is 62.3 Å². The Hall–Kier alpha value is -2.42. The molecule has 2 heterocycles. The Morgan fingerprint density at radius 3 is 2.22 bits per heavy atom. The third-order valence-corrected chi connectivity index (χ3v) is 8.31. The van der Waals surface area contributed by atoms with E-state index in [1.165, 1.54) is 5.56 Å². The number of benzene rings is 3. The van der Waals surface area contributed by atoms with Crippen LogP contribution in [0.4, 0.5) is 17.1 Å². The van der Waals surface area contributed by atoms with Gasteiger partial charge in [-0.05, 0) is 0 Å². The van der Waals surface area contributed by atoms with Crippen molar-refractivity contribution in [2.45, 2.75) is 26.7 Å². The molecule has 3 nitrogen and oxygen atoms in total. The summed E-state index contributed by atoms with van der Waals surface area (Å²) in [5, 5.41) is 0. The van der Waals surface area contributed by atoms with Crippen molar-refractivity contribution in [3.63, 3.8) is 0 Å². The Morgan fingerprint density at radius 2 is 1.56 bits per heavy atom. The molecule has 3 aromatic carbocycles. The second-order valence-electron chi connectivity index (χ2n) is 7.26. The van der Waals surface area contributed by atoms with Crippen LogP contribution in [-0.4, -0.2) is 20.4 Å². The summed E-state index contributed by atoms with van der Waals surface area (Å²) in [6, 6.07) is 18.9. The summed E-state index contributed by atoms with van der Waals surface area (Å²) in [5.74, 6) is 0.964. The van der Waals surface area contributed by atoms with Gasteiger partial charge in [-0.15, -0.1) is 0 Å². The van der Waals surface area contributed by atoms with Crippen LogP contribution in [0.15, 0.2) is 54.6 Å². The van der Waals surface area contributed by atoms with Crippen LogP contribution < -0.4 is 18.6 Å². The van der Waals surface area contributed by atoms with Gasteiger partial charge in [0.25, 0.3) is 0 Å². The molecule has 0 aromatic heterocycles. The fraction of sp³-hybridized carbons (Fsp3) is 0.217. The summed E-state index contributed by atoms with van der Waals surface area (Å²) in [4.78, 5) is 2.24. The molecular formula is C23H21NO2Se. The predicted octanol–water partition coefficient (Wildman–Crippen LogP) is 3.95. The third kappa shape index (κ3) is 2.63. The Morgan fingerprint density at radius 1 is 0.889 bits per heavy atom. The molecule has 0 radical (unpaired) electrons. The van der Waals surface area contributed by atoms with Crippen LogP contribution in [0.2, 0.25) is 0 Å². The van der Waals surface area contributed by atoms with Gasteiger partial charge in [0.2, 0.25) is 0 Å². The summed E-state index contributed by atoms with van der Waals surface area (Å²) in [6.45, 7) is 4.86. The van der Waals surface area contributed by atoms with Crippen molar-refractivity contribution in [1.29, 1.82) is 0 Å². The first-order chi connectivity index (χ1) is 13.1. The molecule has 0 atom stereocenters. The topological polar surface area (TPSA) is 29.5 Å². The fourth-order valence-corrected chi connectivity index (χ4v) is 7.16. The van der Waals surface area contributed by atoms with Crippen LogP contribution in [0.1, 0.15) is 23.1 Å². The molecule has 5 rings (SSSR count). The number of rotatable bonds is 1. The van der Waals surface area contributed by atoms with Gasteiger partial charge in [-0.25, -0.2) is 0 Å². The normalized spacial score (nSPS) is 15.6. The van der Waals surface area contributed by atoms with Crippen LogP contribution in [-0.2, 0) is 10.3 Å². The Bertz CT molecular complexity index is 1030. The Labute approximate surface area is 163 Å². The van der Waals surface area contributed by atoms with Crippen molar-refractivity contribution < 1.29 is 8.57 Å². The van der Waals surface area contributed by atoms with E-state index in [2.05, 4.69) is 73.3 Å². The van der Waals surface area contributed by atoms with E-state index >= 15 is 0 Å². The van der Waals surface area contributed by atoms with Gasteiger partial charge >= 0.3 is 164 Å². The molecule has 0 N–H and O–H groups in total. The zero-order chi connectivity index (χ0) is 18.5. The van der Waals surface area contributed by atoms with Gasteiger partial charge in [0.05, 0.1) is 0 Å². The number of aryl methyl sites for hydroxylation is 3. The Kier molecular flexibility index (Phi) is 3.92. The van der Waals surface area contributed by atoms with Crippen molar-refractivity contribution in [3.8, 4) is 5.75 Å². The van der Waals surface area contributed by atoms with E-state index in [1.54, 1.807) is 0 Å². The molecule has 0 saturated carbocycles. The predicted molar refractivity (Wildman–Crippen MR) is 110 cm³/mol.